The van der Waals surface area contributed by atoms with Crippen LogP contribution in [0.2, 0.25) is 0 Å². The molecule has 0 atom stereocenters. The van der Waals surface area contributed by atoms with Crippen molar-refractivity contribution in [2.75, 3.05) is 20.2 Å². The predicted octanol–water partition coefficient (Wildman–Crippen LogP) is 1.81. The van der Waals surface area contributed by atoms with E-state index in [1.165, 1.54) is 24.7 Å². The Kier molecular flexibility index (Phi) is 7.09. The lowest BCUT2D eigenvalue weighted by Gasteiger charge is -2.06. The highest BCUT2D eigenvalue weighted by Crippen LogP contribution is 2.23. The quantitative estimate of drug-likeness (QED) is 0.542. The molecule has 1 aromatic heterocycles. The highest BCUT2D eigenvalue weighted by Gasteiger charge is 2.06. The van der Waals surface area contributed by atoms with Crippen molar-refractivity contribution in [2.24, 2.45) is 0 Å². The van der Waals surface area contributed by atoms with Crippen LogP contribution >= 0.6 is 15.9 Å². The molecule has 0 radical (unpaired) electrons. The molecule has 7 nitrogen and oxygen atoms in total. The maximum absolute atomic E-state index is 11.8. The molecule has 1 heterocycles. The number of rotatable bonds is 7. The summed E-state index contributed by atoms with van der Waals surface area (Å²) in [5, 5.41) is 5.33. The van der Waals surface area contributed by atoms with Crippen molar-refractivity contribution in [3.8, 4) is 5.75 Å². The van der Waals surface area contributed by atoms with Gasteiger partial charge in [0.1, 0.15) is 11.4 Å². The second-order valence-electron chi connectivity index (χ2n) is 4.86. The fraction of sp³-hybridized carbons (Fsp3) is 0.176. The topological polar surface area (TPSA) is 93.2 Å². The van der Waals surface area contributed by atoms with E-state index in [9.17, 15) is 9.59 Å². The molecule has 0 aliphatic carbocycles. The Labute approximate surface area is 153 Å². The van der Waals surface area contributed by atoms with Crippen LogP contribution < -0.4 is 15.4 Å². The van der Waals surface area contributed by atoms with Gasteiger partial charge in [-0.2, -0.15) is 0 Å². The van der Waals surface area contributed by atoms with E-state index in [0.717, 1.165) is 10.0 Å². The van der Waals surface area contributed by atoms with E-state index in [2.05, 4.69) is 36.5 Å². The molecule has 0 aliphatic rings. The van der Waals surface area contributed by atoms with Gasteiger partial charge in [-0.3, -0.25) is 14.6 Å². The molecular formula is C17H17BrN4O3. The molecule has 2 rings (SSSR count). The number of aromatic nitrogens is 2. The highest BCUT2D eigenvalue weighted by molar-refractivity contribution is 9.10. The van der Waals surface area contributed by atoms with Gasteiger partial charge in [0.25, 0.3) is 5.91 Å². The summed E-state index contributed by atoms with van der Waals surface area (Å²) in [6.45, 7) is 0.583. The zero-order valence-electron chi connectivity index (χ0n) is 13.5. The molecule has 130 valence electrons. The van der Waals surface area contributed by atoms with Gasteiger partial charge in [0.05, 0.1) is 13.3 Å². The number of amides is 2. The lowest BCUT2D eigenvalue weighted by Crippen LogP contribution is -2.34. The van der Waals surface area contributed by atoms with Gasteiger partial charge in [0.15, 0.2) is 0 Å². The Bertz CT molecular complexity index is 766. The Morgan fingerprint density at radius 3 is 2.76 bits per heavy atom. The lowest BCUT2D eigenvalue weighted by molar-refractivity contribution is -0.116. The summed E-state index contributed by atoms with van der Waals surface area (Å²) in [6.07, 6.45) is 7.38. The predicted molar refractivity (Wildman–Crippen MR) is 97.1 cm³/mol. The Hall–Kier alpha value is -2.74. The number of hydrogen-bond donors (Lipinski definition) is 2. The number of nitrogens with zero attached hydrogens (tertiary/aromatic N) is 2. The summed E-state index contributed by atoms with van der Waals surface area (Å²) in [6, 6.07) is 5.52. The van der Waals surface area contributed by atoms with Crippen molar-refractivity contribution < 1.29 is 14.3 Å². The average Bonchev–Trinajstić information content (AvgIpc) is 2.64. The molecular weight excluding hydrogens is 388 g/mol. The van der Waals surface area contributed by atoms with Crippen LogP contribution in [0.25, 0.3) is 6.08 Å². The maximum Gasteiger partial charge on any atom is 0.271 e. The molecule has 2 N–H and O–H groups in total. The van der Waals surface area contributed by atoms with E-state index >= 15 is 0 Å². The van der Waals surface area contributed by atoms with Crippen LogP contribution in [0.15, 0.2) is 47.3 Å². The lowest BCUT2D eigenvalue weighted by atomic mass is 10.2. The van der Waals surface area contributed by atoms with Gasteiger partial charge in [-0.15, -0.1) is 0 Å². The molecule has 8 heteroatoms. The standard InChI is InChI=1S/C17H17BrN4O3/c1-25-15-4-3-13(18)10-12(15)2-5-16(23)21-8-9-22-17(24)14-11-19-6-7-20-14/h2-7,10-11H,8-9H2,1H3,(H,21,23)(H,22,24)/b5-2+. The van der Waals surface area contributed by atoms with Crippen molar-refractivity contribution in [3.05, 3.63) is 58.6 Å². The molecule has 2 amide bonds. The van der Waals surface area contributed by atoms with Crippen LogP contribution in [0.4, 0.5) is 0 Å². The van der Waals surface area contributed by atoms with Crippen molar-refractivity contribution >= 4 is 33.8 Å². The molecule has 0 saturated heterocycles. The third-order valence-corrected chi connectivity index (χ3v) is 3.60. The SMILES string of the molecule is COc1ccc(Br)cc1/C=C/C(=O)NCCNC(=O)c1cnccn1. The fourth-order valence-electron chi connectivity index (χ4n) is 1.93. The molecule has 0 bridgehead atoms. The van der Waals surface area contributed by atoms with Crippen LogP contribution in [-0.2, 0) is 4.79 Å². The number of ether oxygens (including phenoxy) is 1. The summed E-state index contributed by atoms with van der Waals surface area (Å²) in [4.78, 5) is 31.3. The minimum atomic E-state index is -0.336. The first-order valence-corrected chi connectivity index (χ1v) is 8.23. The molecule has 0 saturated carbocycles. The molecule has 1 aromatic carbocycles. The first-order valence-electron chi connectivity index (χ1n) is 7.44. The van der Waals surface area contributed by atoms with E-state index in [1.807, 2.05) is 18.2 Å². The molecule has 25 heavy (non-hydrogen) atoms. The maximum atomic E-state index is 11.8. The molecule has 0 unspecified atom stereocenters. The second-order valence-corrected chi connectivity index (χ2v) is 5.77. The molecule has 0 spiro atoms. The number of hydrogen-bond acceptors (Lipinski definition) is 5. The van der Waals surface area contributed by atoms with Gasteiger partial charge in [0.2, 0.25) is 5.91 Å². The van der Waals surface area contributed by atoms with Gasteiger partial charge in [-0.25, -0.2) is 4.98 Å². The molecule has 0 aliphatic heterocycles. The van der Waals surface area contributed by atoms with E-state index in [-0.39, 0.29) is 24.1 Å². The van der Waals surface area contributed by atoms with Crippen LogP contribution in [0.5, 0.6) is 5.75 Å². The van der Waals surface area contributed by atoms with Gasteiger partial charge in [-0.1, -0.05) is 15.9 Å². The number of benzene rings is 1. The van der Waals surface area contributed by atoms with Gasteiger partial charge in [-0.05, 0) is 24.3 Å². The van der Waals surface area contributed by atoms with Crippen LogP contribution in [0.1, 0.15) is 16.1 Å². The summed E-state index contributed by atoms with van der Waals surface area (Å²) < 4.78 is 6.13. The minimum Gasteiger partial charge on any atom is -0.496 e. The van der Waals surface area contributed by atoms with Crippen molar-refractivity contribution in [1.82, 2.24) is 20.6 Å². The van der Waals surface area contributed by atoms with Gasteiger partial charge >= 0.3 is 0 Å². The Balaban J connectivity index is 1.77. The van der Waals surface area contributed by atoms with E-state index in [1.54, 1.807) is 13.2 Å². The van der Waals surface area contributed by atoms with Crippen LogP contribution in [0, 0.1) is 0 Å². The normalized spacial score (nSPS) is 10.5. The third kappa shape index (κ3) is 6.00. The van der Waals surface area contributed by atoms with Crippen LogP contribution in [-0.4, -0.2) is 42.0 Å². The molecule has 2 aromatic rings. The van der Waals surface area contributed by atoms with Crippen molar-refractivity contribution in [1.29, 1.82) is 0 Å². The zero-order chi connectivity index (χ0) is 18.1. The highest BCUT2D eigenvalue weighted by atomic mass is 79.9. The van der Waals surface area contributed by atoms with Crippen LogP contribution in [0.3, 0.4) is 0 Å². The number of methoxy groups -OCH3 is 1. The Morgan fingerprint density at radius 2 is 2.04 bits per heavy atom. The largest absolute Gasteiger partial charge is 0.496 e. The molecule has 0 fully saturated rings. The summed E-state index contributed by atoms with van der Waals surface area (Å²) in [7, 11) is 1.57. The van der Waals surface area contributed by atoms with Crippen molar-refractivity contribution in [3.63, 3.8) is 0 Å². The Morgan fingerprint density at radius 1 is 1.24 bits per heavy atom. The number of halogens is 1. The number of carbonyl (C=O) groups is 2. The van der Waals surface area contributed by atoms with E-state index in [4.69, 9.17) is 4.74 Å². The zero-order valence-corrected chi connectivity index (χ0v) is 15.1. The monoisotopic (exact) mass is 404 g/mol. The first kappa shape index (κ1) is 18.6. The third-order valence-electron chi connectivity index (χ3n) is 3.11. The average molecular weight is 405 g/mol. The second kappa shape index (κ2) is 9.53. The summed E-state index contributed by atoms with van der Waals surface area (Å²) in [5.74, 6) is 0.0658. The van der Waals surface area contributed by atoms with Gasteiger partial charge < -0.3 is 15.4 Å². The van der Waals surface area contributed by atoms with Gasteiger partial charge in [0, 0.05) is 41.6 Å². The smallest absolute Gasteiger partial charge is 0.271 e. The number of carbonyl (C=O) groups excluding carboxylic acids is 2. The summed E-state index contributed by atoms with van der Waals surface area (Å²) in [5.41, 5.74) is 1.01. The van der Waals surface area contributed by atoms with Crippen molar-refractivity contribution in [2.45, 2.75) is 0 Å². The minimum absolute atomic E-state index is 0.232. The first-order chi connectivity index (χ1) is 12.1. The van der Waals surface area contributed by atoms with E-state index in [0.29, 0.717) is 12.3 Å². The fourth-order valence-corrected chi connectivity index (χ4v) is 2.31. The summed E-state index contributed by atoms with van der Waals surface area (Å²) >= 11 is 3.38. The number of nitrogens with one attached hydrogen (secondary N) is 2. The van der Waals surface area contributed by atoms with E-state index < -0.39 is 0 Å².